The van der Waals surface area contributed by atoms with E-state index in [0.29, 0.717) is 12.0 Å². The highest BCUT2D eigenvalue weighted by atomic mass is 15.3. The van der Waals surface area contributed by atoms with Crippen molar-refractivity contribution in [3.8, 4) is 0 Å². The van der Waals surface area contributed by atoms with Crippen LogP contribution >= 0.6 is 0 Å². The Kier molecular flexibility index (Phi) is 2.84. The lowest BCUT2D eigenvalue weighted by molar-refractivity contribution is 0.306. The molecular formula is C10H18N4. The zero-order valence-corrected chi connectivity index (χ0v) is 8.83. The molecule has 1 unspecified atom stereocenters. The molecule has 4 nitrogen and oxygen atoms in total. The van der Waals surface area contributed by atoms with E-state index < -0.39 is 0 Å². The van der Waals surface area contributed by atoms with Crippen molar-refractivity contribution < 1.29 is 0 Å². The van der Waals surface area contributed by atoms with E-state index in [4.69, 9.17) is 0 Å². The van der Waals surface area contributed by atoms with Crippen LogP contribution in [0.3, 0.4) is 0 Å². The molecule has 0 spiro atoms. The predicted octanol–water partition coefficient (Wildman–Crippen LogP) is 0.350. The minimum absolute atomic E-state index is 0.531. The molecule has 0 aromatic carbocycles. The number of nitrogens with one attached hydrogen (secondary N) is 2. The van der Waals surface area contributed by atoms with E-state index in [9.17, 15) is 0 Å². The first-order valence-electron chi connectivity index (χ1n) is 5.21. The average molecular weight is 194 g/mol. The van der Waals surface area contributed by atoms with Crippen molar-refractivity contribution in [3.63, 3.8) is 0 Å². The summed E-state index contributed by atoms with van der Waals surface area (Å²) < 4.78 is 2.17. The van der Waals surface area contributed by atoms with Gasteiger partial charge < -0.3 is 10.6 Å². The molecule has 78 valence electrons. The van der Waals surface area contributed by atoms with Crippen LogP contribution in [0.1, 0.15) is 24.6 Å². The third kappa shape index (κ3) is 1.67. The maximum Gasteiger partial charge on any atom is 0.0771 e. The third-order valence-electron chi connectivity index (χ3n) is 2.82. The second-order valence-electron chi connectivity index (χ2n) is 3.97. The van der Waals surface area contributed by atoms with E-state index in [0.717, 1.165) is 19.6 Å². The van der Waals surface area contributed by atoms with Crippen molar-refractivity contribution in [2.24, 2.45) is 0 Å². The number of nitrogens with zero attached hydrogens (tertiary/aromatic N) is 2. The van der Waals surface area contributed by atoms with Crippen molar-refractivity contribution in [2.45, 2.75) is 18.9 Å². The first kappa shape index (κ1) is 9.68. The average Bonchev–Trinajstić information content (AvgIpc) is 2.50. The Morgan fingerprint density at radius 1 is 1.71 bits per heavy atom. The molecule has 1 aliphatic heterocycles. The number of hydrogen-bond donors (Lipinski definition) is 2. The zero-order valence-electron chi connectivity index (χ0n) is 8.83. The summed E-state index contributed by atoms with van der Waals surface area (Å²) in [5.41, 5.74) is 1.34. The van der Waals surface area contributed by atoms with Gasteiger partial charge in [0.05, 0.1) is 6.04 Å². The van der Waals surface area contributed by atoms with Gasteiger partial charge >= 0.3 is 0 Å². The monoisotopic (exact) mass is 194 g/mol. The molecule has 0 aliphatic carbocycles. The number of likely N-dealkylation sites (N-methyl/N-ethyl adjacent to an activating group) is 1. The molecule has 0 amide bonds. The second kappa shape index (κ2) is 4.11. The molecule has 0 radical (unpaired) electrons. The van der Waals surface area contributed by atoms with E-state index in [-0.39, 0.29) is 0 Å². The molecular weight excluding hydrogens is 176 g/mol. The summed E-state index contributed by atoms with van der Waals surface area (Å²) in [7, 11) is 1.99. The van der Waals surface area contributed by atoms with Crippen LogP contribution in [0.2, 0.25) is 0 Å². The molecule has 0 bridgehead atoms. The summed E-state index contributed by atoms with van der Waals surface area (Å²) in [4.78, 5) is 0. The molecule has 1 aromatic heterocycles. The number of rotatable bonds is 4. The SMILES string of the molecule is CNCC(C)c1ccnn1C1CNC1. The van der Waals surface area contributed by atoms with Gasteiger partial charge in [-0.05, 0) is 13.1 Å². The van der Waals surface area contributed by atoms with Crippen molar-refractivity contribution in [3.05, 3.63) is 18.0 Å². The smallest absolute Gasteiger partial charge is 0.0771 e. The molecule has 1 aromatic rings. The molecule has 2 heterocycles. The predicted molar refractivity (Wildman–Crippen MR) is 56.5 cm³/mol. The lowest BCUT2D eigenvalue weighted by atomic mass is 10.1. The van der Waals surface area contributed by atoms with Crippen LogP contribution in [0, 0.1) is 0 Å². The Hall–Kier alpha value is -0.870. The molecule has 4 heteroatoms. The molecule has 1 aliphatic rings. The van der Waals surface area contributed by atoms with Gasteiger partial charge in [0.15, 0.2) is 0 Å². The van der Waals surface area contributed by atoms with E-state index >= 15 is 0 Å². The fraction of sp³-hybridized carbons (Fsp3) is 0.700. The Morgan fingerprint density at radius 3 is 3.07 bits per heavy atom. The zero-order chi connectivity index (χ0) is 9.97. The van der Waals surface area contributed by atoms with Gasteiger partial charge in [0, 0.05) is 37.4 Å². The Balaban J connectivity index is 2.11. The van der Waals surface area contributed by atoms with E-state index in [2.05, 4.69) is 33.4 Å². The lowest BCUT2D eigenvalue weighted by Crippen LogP contribution is -2.44. The summed E-state index contributed by atoms with van der Waals surface area (Å²) >= 11 is 0. The maximum absolute atomic E-state index is 4.39. The highest BCUT2D eigenvalue weighted by Gasteiger charge is 2.23. The quantitative estimate of drug-likeness (QED) is 0.727. The summed E-state index contributed by atoms with van der Waals surface area (Å²) in [6.07, 6.45) is 1.90. The van der Waals surface area contributed by atoms with Crippen LogP contribution in [-0.2, 0) is 0 Å². The first-order valence-corrected chi connectivity index (χ1v) is 5.21. The molecule has 2 N–H and O–H groups in total. The summed E-state index contributed by atoms with van der Waals surface area (Å²) in [5, 5.41) is 10.9. The van der Waals surface area contributed by atoms with Crippen molar-refractivity contribution >= 4 is 0 Å². The Labute approximate surface area is 84.7 Å². The summed E-state index contributed by atoms with van der Waals surface area (Å²) in [6, 6.07) is 2.69. The Morgan fingerprint density at radius 2 is 2.50 bits per heavy atom. The van der Waals surface area contributed by atoms with Crippen LogP contribution < -0.4 is 10.6 Å². The van der Waals surface area contributed by atoms with Crippen molar-refractivity contribution in [2.75, 3.05) is 26.7 Å². The fourth-order valence-electron chi connectivity index (χ4n) is 1.88. The van der Waals surface area contributed by atoms with Crippen molar-refractivity contribution in [1.82, 2.24) is 20.4 Å². The molecule has 1 fully saturated rings. The standard InChI is InChI=1S/C10H18N4/c1-8(5-11-2)10-3-4-13-14(10)9-6-12-7-9/h3-4,8-9,11-12H,5-7H2,1-2H3. The van der Waals surface area contributed by atoms with Gasteiger partial charge in [-0.15, -0.1) is 0 Å². The molecule has 0 saturated carbocycles. The van der Waals surface area contributed by atoms with E-state index in [1.54, 1.807) is 0 Å². The van der Waals surface area contributed by atoms with Gasteiger partial charge in [0.25, 0.3) is 0 Å². The van der Waals surface area contributed by atoms with Crippen LogP contribution in [0.4, 0.5) is 0 Å². The minimum Gasteiger partial charge on any atom is -0.319 e. The second-order valence-corrected chi connectivity index (χ2v) is 3.97. The van der Waals surface area contributed by atoms with Gasteiger partial charge in [-0.2, -0.15) is 5.10 Å². The lowest BCUT2D eigenvalue weighted by Gasteiger charge is -2.30. The largest absolute Gasteiger partial charge is 0.319 e. The van der Waals surface area contributed by atoms with E-state index in [1.807, 2.05) is 13.2 Å². The highest BCUT2D eigenvalue weighted by molar-refractivity contribution is 5.09. The van der Waals surface area contributed by atoms with Crippen LogP contribution in [0.25, 0.3) is 0 Å². The third-order valence-corrected chi connectivity index (χ3v) is 2.82. The normalized spacial score (nSPS) is 19.3. The highest BCUT2D eigenvalue weighted by Crippen LogP contribution is 2.19. The molecule has 1 saturated heterocycles. The number of aromatic nitrogens is 2. The molecule has 2 rings (SSSR count). The van der Waals surface area contributed by atoms with Crippen LogP contribution in [0.15, 0.2) is 12.3 Å². The van der Waals surface area contributed by atoms with E-state index in [1.165, 1.54) is 5.69 Å². The fourth-order valence-corrected chi connectivity index (χ4v) is 1.88. The summed E-state index contributed by atoms with van der Waals surface area (Å²) in [6.45, 7) is 5.35. The van der Waals surface area contributed by atoms with Gasteiger partial charge in [-0.1, -0.05) is 6.92 Å². The molecule has 14 heavy (non-hydrogen) atoms. The first-order chi connectivity index (χ1) is 6.83. The van der Waals surface area contributed by atoms with Crippen LogP contribution in [-0.4, -0.2) is 36.5 Å². The minimum atomic E-state index is 0.531. The van der Waals surface area contributed by atoms with Crippen LogP contribution in [0.5, 0.6) is 0 Å². The van der Waals surface area contributed by atoms with Crippen molar-refractivity contribution in [1.29, 1.82) is 0 Å². The summed E-state index contributed by atoms with van der Waals surface area (Å²) in [5.74, 6) is 0.531. The van der Waals surface area contributed by atoms with Gasteiger partial charge in [-0.3, -0.25) is 4.68 Å². The van der Waals surface area contributed by atoms with Gasteiger partial charge in [0.1, 0.15) is 0 Å². The topological polar surface area (TPSA) is 41.9 Å². The number of hydrogen-bond acceptors (Lipinski definition) is 3. The van der Waals surface area contributed by atoms with Gasteiger partial charge in [0.2, 0.25) is 0 Å². The Bertz CT molecular complexity index is 290. The van der Waals surface area contributed by atoms with Gasteiger partial charge in [-0.25, -0.2) is 0 Å². The molecule has 1 atom stereocenters. The maximum atomic E-state index is 4.39.